The lowest BCUT2D eigenvalue weighted by Gasteiger charge is -2.15. The van der Waals surface area contributed by atoms with E-state index in [-0.39, 0.29) is 24.4 Å². The number of carbonyl (C=O) groups excluding carboxylic acids is 2. The number of rotatable bonds is 10. The number of ether oxygens (including phenoxy) is 2. The fourth-order valence-electron chi connectivity index (χ4n) is 3.25. The van der Waals surface area contributed by atoms with Gasteiger partial charge in [0.05, 0.1) is 17.9 Å². The van der Waals surface area contributed by atoms with E-state index in [1.54, 1.807) is 13.0 Å². The van der Waals surface area contributed by atoms with E-state index in [9.17, 15) is 9.59 Å². The molecule has 0 saturated heterocycles. The van der Waals surface area contributed by atoms with Crippen molar-refractivity contribution in [2.75, 3.05) is 17.7 Å². The molecule has 0 spiro atoms. The van der Waals surface area contributed by atoms with Crippen LogP contribution >= 0.6 is 23.1 Å². The smallest absolute Gasteiger partial charge is 0.341 e. The van der Waals surface area contributed by atoms with Gasteiger partial charge >= 0.3 is 5.97 Å². The number of thioether (sulfide) groups is 1. The van der Waals surface area contributed by atoms with Gasteiger partial charge in [-0.05, 0) is 50.5 Å². The lowest BCUT2D eigenvalue weighted by atomic mass is 10.0. The van der Waals surface area contributed by atoms with Gasteiger partial charge in [-0.2, -0.15) is 0 Å². The van der Waals surface area contributed by atoms with E-state index in [4.69, 9.17) is 9.47 Å². The topological polar surface area (TPSA) is 95.3 Å². The van der Waals surface area contributed by atoms with Crippen molar-refractivity contribution in [1.82, 2.24) is 14.8 Å². The van der Waals surface area contributed by atoms with Crippen LogP contribution in [-0.2, 0) is 16.6 Å². The standard InChI is InChI=1S/C24H30N4O4S2/c1-7-31-23(30)19-12-15(4)34-22(19)25-20(29)13-33-24-27-26-21(28(24)6)16(5)32-18-10-8-17(9-11-18)14(2)3/h8-12,14,16H,7,13H2,1-6H3,(H,25,29). The molecule has 10 heteroatoms. The number of amides is 1. The zero-order valence-electron chi connectivity index (χ0n) is 20.2. The summed E-state index contributed by atoms with van der Waals surface area (Å²) in [6.45, 7) is 10.1. The number of aryl methyl sites for hydroxylation is 1. The van der Waals surface area contributed by atoms with Crippen LogP contribution in [-0.4, -0.2) is 39.0 Å². The lowest BCUT2D eigenvalue weighted by Crippen LogP contribution is -2.16. The number of hydrogen-bond donors (Lipinski definition) is 1. The maximum Gasteiger partial charge on any atom is 0.341 e. The molecular formula is C24H30N4O4S2. The molecule has 1 aromatic carbocycles. The summed E-state index contributed by atoms with van der Waals surface area (Å²) >= 11 is 2.61. The Morgan fingerprint density at radius 1 is 1.18 bits per heavy atom. The Labute approximate surface area is 208 Å². The average molecular weight is 503 g/mol. The fraction of sp³-hybridized carbons (Fsp3) is 0.417. The van der Waals surface area contributed by atoms with Crippen molar-refractivity contribution in [2.24, 2.45) is 7.05 Å². The van der Waals surface area contributed by atoms with E-state index in [1.807, 2.05) is 37.6 Å². The first-order chi connectivity index (χ1) is 16.2. The Hall–Kier alpha value is -2.85. The van der Waals surface area contributed by atoms with Crippen molar-refractivity contribution in [3.63, 3.8) is 0 Å². The second kappa shape index (κ2) is 11.5. The lowest BCUT2D eigenvalue weighted by molar-refractivity contribution is -0.113. The van der Waals surface area contributed by atoms with Crippen molar-refractivity contribution in [1.29, 1.82) is 0 Å². The molecular weight excluding hydrogens is 472 g/mol. The van der Waals surface area contributed by atoms with Crippen molar-refractivity contribution in [3.8, 4) is 5.75 Å². The molecule has 0 aliphatic rings. The van der Waals surface area contributed by atoms with Gasteiger partial charge in [0.1, 0.15) is 10.8 Å². The molecule has 2 aromatic heterocycles. The SMILES string of the molecule is CCOC(=O)c1cc(C)sc1NC(=O)CSc1nnc(C(C)Oc2ccc(C(C)C)cc2)n1C. The summed E-state index contributed by atoms with van der Waals surface area (Å²) in [5, 5.41) is 12.4. The van der Waals surface area contributed by atoms with Crippen LogP contribution in [0.5, 0.6) is 5.75 Å². The molecule has 182 valence electrons. The average Bonchev–Trinajstić information content (AvgIpc) is 3.34. The van der Waals surface area contributed by atoms with Crippen molar-refractivity contribution in [2.45, 2.75) is 51.8 Å². The first-order valence-corrected chi connectivity index (χ1v) is 12.9. The molecule has 0 bridgehead atoms. The van der Waals surface area contributed by atoms with Crippen LogP contribution in [0.15, 0.2) is 35.5 Å². The monoisotopic (exact) mass is 502 g/mol. The number of thiophene rings is 1. The van der Waals surface area contributed by atoms with Gasteiger partial charge in [0, 0.05) is 11.9 Å². The van der Waals surface area contributed by atoms with E-state index in [0.717, 1.165) is 10.6 Å². The van der Waals surface area contributed by atoms with Crippen molar-refractivity contribution in [3.05, 3.63) is 52.2 Å². The first kappa shape index (κ1) is 25.8. The molecule has 34 heavy (non-hydrogen) atoms. The minimum atomic E-state index is -0.444. The molecule has 0 fully saturated rings. The van der Waals surface area contributed by atoms with Gasteiger partial charge in [-0.1, -0.05) is 37.7 Å². The number of esters is 1. The molecule has 1 N–H and O–H groups in total. The van der Waals surface area contributed by atoms with E-state index in [2.05, 4.69) is 41.5 Å². The van der Waals surface area contributed by atoms with Gasteiger partial charge in [0.25, 0.3) is 0 Å². The van der Waals surface area contributed by atoms with Crippen LogP contribution in [0, 0.1) is 6.92 Å². The van der Waals surface area contributed by atoms with Crippen molar-refractivity contribution >= 4 is 40.0 Å². The molecule has 8 nitrogen and oxygen atoms in total. The minimum absolute atomic E-state index is 0.122. The van der Waals surface area contributed by atoms with Gasteiger partial charge < -0.3 is 19.4 Å². The van der Waals surface area contributed by atoms with Gasteiger partial charge in [0.2, 0.25) is 5.91 Å². The summed E-state index contributed by atoms with van der Waals surface area (Å²) in [5.41, 5.74) is 1.62. The number of carbonyl (C=O) groups is 2. The number of aromatic nitrogens is 3. The zero-order valence-corrected chi connectivity index (χ0v) is 21.9. The van der Waals surface area contributed by atoms with E-state index in [0.29, 0.717) is 27.5 Å². The Bertz CT molecular complexity index is 1140. The summed E-state index contributed by atoms with van der Waals surface area (Å²) < 4.78 is 12.9. The molecule has 1 amide bonds. The van der Waals surface area contributed by atoms with Gasteiger partial charge in [0.15, 0.2) is 17.1 Å². The maximum atomic E-state index is 12.5. The van der Waals surface area contributed by atoms with Crippen LogP contribution in [0.1, 0.15) is 66.3 Å². The Kier molecular flexibility index (Phi) is 8.73. The normalized spacial score (nSPS) is 12.0. The number of hydrogen-bond acceptors (Lipinski definition) is 8. The van der Waals surface area contributed by atoms with Gasteiger partial charge in [-0.25, -0.2) is 4.79 Å². The third-order valence-corrected chi connectivity index (χ3v) is 7.01. The number of nitrogens with zero attached hydrogens (tertiary/aromatic N) is 3. The van der Waals surface area contributed by atoms with Crippen LogP contribution in [0.4, 0.5) is 5.00 Å². The highest BCUT2D eigenvalue weighted by Gasteiger charge is 2.20. The highest BCUT2D eigenvalue weighted by molar-refractivity contribution is 7.99. The third kappa shape index (κ3) is 6.38. The molecule has 1 unspecified atom stereocenters. The molecule has 0 saturated carbocycles. The summed E-state index contributed by atoms with van der Waals surface area (Å²) in [7, 11) is 1.85. The minimum Gasteiger partial charge on any atom is -0.483 e. The third-order valence-electron chi connectivity index (χ3n) is 5.03. The number of nitrogens with one attached hydrogen (secondary N) is 1. The maximum absolute atomic E-state index is 12.5. The molecule has 1 atom stereocenters. The second-order valence-corrected chi connectivity index (χ2v) is 10.2. The summed E-state index contributed by atoms with van der Waals surface area (Å²) in [6.07, 6.45) is -0.313. The van der Waals surface area contributed by atoms with Gasteiger partial charge in [-0.3, -0.25) is 4.79 Å². The van der Waals surface area contributed by atoms with Gasteiger partial charge in [-0.15, -0.1) is 21.5 Å². The second-order valence-electron chi connectivity index (χ2n) is 8.04. The van der Waals surface area contributed by atoms with Crippen LogP contribution in [0.3, 0.4) is 0 Å². The Morgan fingerprint density at radius 2 is 1.88 bits per heavy atom. The number of anilines is 1. The predicted octanol–water partition coefficient (Wildman–Crippen LogP) is 5.36. The van der Waals surface area contributed by atoms with E-state index < -0.39 is 5.97 Å². The molecule has 0 aliphatic heterocycles. The first-order valence-electron chi connectivity index (χ1n) is 11.1. The number of benzene rings is 1. The molecule has 0 radical (unpaired) electrons. The van der Waals surface area contributed by atoms with E-state index in [1.165, 1.54) is 28.7 Å². The van der Waals surface area contributed by atoms with Crippen LogP contribution in [0.2, 0.25) is 0 Å². The zero-order chi connectivity index (χ0) is 24.8. The Morgan fingerprint density at radius 3 is 2.53 bits per heavy atom. The quantitative estimate of drug-likeness (QED) is 0.295. The Balaban J connectivity index is 1.59. The highest BCUT2D eigenvalue weighted by Crippen LogP contribution is 2.29. The summed E-state index contributed by atoms with van der Waals surface area (Å²) in [6, 6.07) is 9.76. The molecule has 2 heterocycles. The summed E-state index contributed by atoms with van der Waals surface area (Å²) in [4.78, 5) is 25.6. The molecule has 3 rings (SSSR count). The van der Waals surface area contributed by atoms with E-state index >= 15 is 0 Å². The molecule has 0 aliphatic carbocycles. The summed E-state index contributed by atoms with van der Waals surface area (Å²) in [5.74, 6) is 1.32. The van der Waals surface area contributed by atoms with Crippen LogP contribution in [0.25, 0.3) is 0 Å². The molecule has 3 aromatic rings. The highest BCUT2D eigenvalue weighted by atomic mass is 32.2. The van der Waals surface area contributed by atoms with Crippen LogP contribution < -0.4 is 10.1 Å². The largest absolute Gasteiger partial charge is 0.483 e. The van der Waals surface area contributed by atoms with Crippen molar-refractivity contribution < 1.29 is 19.1 Å². The fourth-order valence-corrected chi connectivity index (χ4v) is 4.89. The predicted molar refractivity (Wildman–Crippen MR) is 135 cm³/mol.